The van der Waals surface area contributed by atoms with E-state index in [2.05, 4.69) is 15.5 Å². The fourth-order valence-electron chi connectivity index (χ4n) is 2.27. The Kier molecular flexibility index (Phi) is 3.10. The lowest BCUT2D eigenvalue weighted by molar-refractivity contribution is 0.102. The molecule has 5 heteroatoms. The summed E-state index contributed by atoms with van der Waals surface area (Å²) in [7, 11) is 0. The highest BCUT2D eigenvalue weighted by atomic mass is 16.1. The van der Waals surface area contributed by atoms with Gasteiger partial charge >= 0.3 is 0 Å². The van der Waals surface area contributed by atoms with Crippen molar-refractivity contribution in [1.29, 1.82) is 0 Å². The summed E-state index contributed by atoms with van der Waals surface area (Å²) in [5, 5.41) is 10.6. The number of carbonyl (C=O) groups excluding carboxylic acids is 1. The van der Waals surface area contributed by atoms with Gasteiger partial charge in [0.1, 0.15) is 0 Å². The number of hydrogen-bond donors (Lipinski definition) is 3. The predicted octanol–water partition coefficient (Wildman–Crippen LogP) is 3.01. The van der Waals surface area contributed by atoms with Crippen molar-refractivity contribution in [3.63, 3.8) is 0 Å². The topological polar surface area (TPSA) is 83.8 Å². The summed E-state index contributed by atoms with van der Waals surface area (Å²) >= 11 is 0. The highest BCUT2D eigenvalue weighted by Crippen LogP contribution is 2.22. The number of aryl methyl sites for hydroxylation is 1. The van der Waals surface area contributed by atoms with Crippen LogP contribution in [0.15, 0.2) is 36.4 Å². The summed E-state index contributed by atoms with van der Waals surface area (Å²) in [5.41, 5.74) is 10.5. The van der Waals surface area contributed by atoms with Crippen molar-refractivity contribution in [3.8, 4) is 0 Å². The second-order valence-corrected chi connectivity index (χ2v) is 5.08. The number of carbonyl (C=O) groups is 1. The lowest BCUT2D eigenvalue weighted by Gasteiger charge is -2.09. The molecule has 1 heterocycles. The van der Waals surface area contributed by atoms with Crippen LogP contribution in [0.1, 0.15) is 21.6 Å². The zero-order chi connectivity index (χ0) is 15.0. The molecule has 3 rings (SSSR count). The maximum absolute atomic E-state index is 12.4. The van der Waals surface area contributed by atoms with E-state index in [1.54, 1.807) is 12.1 Å². The Balaban J connectivity index is 1.97. The van der Waals surface area contributed by atoms with Crippen LogP contribution < -0.4 is 11.1 Å². The van der Waals surface area contributed by atoms with Gasteiger partial charge in [-0.1, -0.05) is 12.1 Å². The normalized spacial score (nSPS) is 10.8. The average Bonchev–Trinajstić information content (AvgIpc) is 2.87. The van der Waals surface area contributed by atoms with Crippen LogP contribution in [0.2, 0.25) is 0 Å². The number of benzene rings is 2. The van der Waals surface area contributed by atoms with Gasteiger partial charge < -0.3 is 11.1 Å². The van der Waals surface area contributed by atoms with Crippen molar-refractivity contribution >= 4 is 28.2 Å². The SMILES string of the molecule is Cc1cccc(NC(=O)c2n[nH]c3ccc(N)cc23)c1C. The molecule has 5 nitrogen and oxygen atoms in total. The number of anilines is 2. The summed E-state index contributed by atoms with van der Waals surface area (Å²) < 4.78 is 0. The minimum absolute atomic E-state index is 0.249. The minimum atomic E-state index is -0.249. The first-order valence-electron chi connectivity index (χ1n) is 6.67. The van der Waals surface area contributed by atoms with Crippen LogP contribution in [0.5, 0.6) is 0 Å². The lowest BCUT2D eigenvalue weighted by Crippen LogP contribution is -2.14. The first-order valence-corrected chi connectivity index (χ1v) is 6.67. The molecular formula is C16H16N4O. The van der Waals surface area contributed by atoms with E-state index in [-0.39, 0.29) is 5.91 Å². The minimum Gasteiger partial charge on any atom is -0.399 e. The second kappa shape index (κ2) is 4.94. The Hall–Kier alpha value is -2.82. The Morgan fingerprint density at radius 2 is 2.05 bits per heavy atom. The number of nitrogens with zero attached hydrogens (tertiary/aromatic N) is 1. The fraction of sp³-hybridized carbons (Fsp3) is 0.125. The molecule has 0 spiro atoms. The predicted molar refractivity (Wildman–Crippen MR) is 84.4 cm³/mol. The number of hydrogen-bond acceptors (Lipinski definition) is 3. The zero-order valence-corrected chi connectivity index (χ0v) is 11.9. The smallest absolute Gasteiger partial charge is 0.276 e. The van der Waals surface area contributed by atoms with Crippen LogP contribution >= 0.6 is 0 Å². The highest BCUT2D eigenvalue weighted by Gasteiger charge is 2.15. The van der Waals surface area contributed by atoms with E-state index in [0.29, 0.717) is 11.4 Å². The summed E-state index contributed by atoms with van der Waals surface area (Å²) in [4.78, 5) is 12.4. The van der Waals surface area contributed by atoms with Gasteiger partial charge in [0, 0.05) is 16.8 Å². The van der Waals surface area contributed by atoms with Crippen molar-refractivity contribution in [3.05, 3.63) is 53.2 Å². The van der Waals surface area contributed by atoms with Crippen molar-refractivity contribution < 1.29 is 4.79 Å². The average molecular weight is 280 g/mol. The number of nitrogens with two attached hydrogens (primary N) is 1. The summed E-state index contributed by atoms with van der Waals surface area (Å²) in [6, 6.07) is 11.1. The maximum Gasteiger partial charge on any atom is 0.276 e. The molecule has 0 bridgehead atoms. The monoisotopic (exact) mass is 280 g/mol. The quantitative estimate of drug-likeness (QED) is 0.631. The van der Waals surface area contributed by atoms with E-state index in [1.807, 2.05) is 38.1 Å². The molecule has 0 unspecified atom stereocenters. The van der Waals surface area contributed by atoms with Gasteiger partial charge in [-0.2, -0.15) is 5.10 Å². The third kappa shape index (κ3) is 2.33. The number of rotatable bonds is 2. The lowest BCUT2D eigenvalue weighted by atomic mass is 10.1. The molecule has 0 aliphatic carbocycles. The van der Waals surface area contributed by atoms with Gasteiger partial charge in [0.15, 0.2) is 5.69 Å². The number of aromatic nitrogens is 2. The van der Waals surface area contributed by atoms with E-state index in [4.69, 9.17) is 5.73 Å². The molecule has 0 saturated heterocycles. The molecule has 3 aromatic rings. The first-order chi connectivity index (χ1) is 10.1. The van der Waals surface area contributed by atoms with Gasteiger partial charge in [-0.15, -0.1) is 0 Å². The van der Waals surface area contributed by atoms with Gasteiger partial charge in [-0.05, 0) is 49.2 Å². The molecule has 0 aliphatic heterocycles. The van der Waals surface area contributed by atoms with Crippen molar-refractivity contribution in [2.24, 2.45) is 0 Å². The number of aromatic amines is 1. The van der Waals surface area contributed by atoms with Crippen molar-refractivity contribution in [2.45, 2.75) is 13.8 Å². The second-order valence-electron chi connectivity index (χ2n) is 5.08. The number of nitrogen functional groups attached to an aromatic ring is 1. The fourth-order valence-corrected chi connectivity index (χ4v) is 2.27. The molecule has 1 amide bonds. The van der Waals surface area contributed by atoms with E-state index < -0.39 is 0 Å². The first kappa shape index (κ1) is 13.2. The Bertz CT molecular complexity index is 835. The highest BCUT2D eigenvalue weighted by molar-refractivity contribution is 6.11. The summed E-state index contributed by atoms with van der Waals surface area (Å²) in [5.74, 6) is -0.249. The number of amides is 1. The third-order valence-corrected chi connectivity index (χ3v) is 3.65. The van der Waals surface area contributed by atoms with E-state index in [9.17, 15) is 4.79 Å². The van der Waals surface area contributed by atoms with Crippen LogP contribution in [0.3, 0.4) is 0 Å². The molecule has 4 N–H and O–H groups in total. The number of nitrogens with one attached hydrogen (secondary N) is 2. The summed E-state index contributed by atoms with van der Waals surface area (Å²) in [6.07, 6.45) is 0. The molecule has 2 aromatic carbocycles. The summed E-state index contributed by atoms with van der Waals surface area (Å²) in [6.45, 7) is 3.99. The molecule has 0 saturated carbocycles. The largest absolute Gasteiger partial charge is 0.399 e. The van der Waals surface area contributed by atoms with Crippen LogP contribution in [0.4, 0.5) is 11.4 Å². The Morgan fingerprint density at radius 3 is 2.86 bits per heavy atom. The molecule has 21 heavy (non-hydrogen) atoms. The number of fused-ring (bicyclic) bond motifs is 1. The molecule has 0 aliphatic rings. The van der Waals surface area contributed by atoms with Crippen molar-refractivity contribution in [1.82, 2.24) is 10.2 Å². The molecule has 0 fully saturated rings. The van der Waals surface area contributed by atoms with Gasteiger partial charge in [-0.3, -0.25) is 9.89 Å². The number of H-pyrrole nitrogens is 1. The molecule has 106 valence electrons. The standard InChI is InChI=1S/C16H16N4O/c1-9-4-3-5-13(10(9)2)18-16(21)15-12-8-11(17)6-7-14(12)19-20-15/h3-8H,17H2,1-2H3,(H,18,21)(H,19,20). The van der Waals surface area contributed by atoms with Crippen LogP contribution in [0, 0.1) is 13.8 Å². The van der Waals surface area contributed by atoms with E-state index >= 15 is 0 Å². The van der Waals surface area contributed by atoms with Gasteiger partial charge in [0.2, 0.25) is 0 Å². The maximum atomic E-state index is 12.4. The zero-order valence-electron chi connectivity index (χ0n) is 11.9. The Morgan fingerprint density at radius 1 is 1.24 bits per heavy atom. The van der Waals surface area contributed by atoms with Gasteiger partial charge in [0.05, 0.1) is 5.52 Å². The van der Waals surface area contributed by atoms with E-state index in [0.717, 1.165) is 27.7 Å². The molecule has 0 atom stereocenters. The van der Waals surface area contributed by atoms with Gasteiger partial charge in [-0.25, -0.2) is 0 Å². The Labute approximate surface area is 122 Å². The van der Waals surface area contributed by atoms with Crippen LogP contribution in [0.25, 0.3) is 10.9 Å². The molecule has 0 radical (unpaired) electrons. The third-order valence-electron chi connectivity index (χ3n) is 3.65. The van der Waals surface area contributed by atoms with Crippen molar-refractivity contribution in [2.75, 3.05) is 11.1 Å². The van der Waals surface area contributed by atoms with E-state index in [1.165, 1.54) is 0 Å². The molecule has 1 aromatic heterocycles. The molecular weight excluding hydrogens is 264 g/mol. The van der Waals surface area contributed by atoms with Crippen LogP contribution in [-0.2, 0) is 0 Å². The van der Waals surface area contributed by atoms with Gasteiger partial charge in [0.25, 0.3) is 5.91 Å². The van der Waals surface area contributed by atoms with Crippen LogP contribution in [-0.4, -0.2) is 16.1 Å².